The molecule has 0 aliphatic rings. The number of amides is 2. The molecule has 1 atom stereocenters. The van der Waals surface area contributed by atoms with Gasteiger partial charge in [0.15, 0.2) is 0 Å². The van der Waals surface area contributed by atoms with Gasteiger partial charge in [-0.3, -0.25) is 9.59 Å². The van der Waals surface area contributed by atoms with Crippen LogP contribution in [0.4, 0.5) is 0 Å². The van der Waals surface area contributed by atoms with E-state index in [1.807, 2.05) is 80.6 Å². The van der Waals surface area contributed by atoms with Crippen LogP contribution in [0.2, 0.25) is 0 Å². The van der Waals surface area contributed by atoms with Crippen molar-refractivity contribution >= 4 is 11.8 Å². The molecule has 0 unspecified atom stereocenters. The van der Waals surface area contributed by atoms with Gasteiger partial charge in [0, 0.05) is 5.56 Å². The van der Waals surface area contributed by atoms with Crippen LogP contribution in [0.15, 0.2) is 91.0 Å². The highest BCUT2D eigenvalue weighted by Crippen LogP contribution is 2.22. The Bertz CT molecular complexity index is 885. The van der Waals surface area contributed by atoms with Crippen LogP contribution >= 0.6 is 0 Å². The molecule has 0 saturated heterocycles. The zero-order valence-electron chi connectivity index (χ0n) is 16.7. The summed E-state index contributed by atoms with van der Waals surface area (Å²) in [6.07, 6.45) is 0. The molecule has 2 N–H and O–H groups in total. The molecule has 29 heavy (non-hydrogen) atoms. The summed E-state index contributed by atoms with van der Waals surface area (Å²) in [7, 11) is 0. The van der Waals surface area contributed by atoms with Crippen LogP contribution in [0, 0.1) is 5.92 Å². The monoisotopic (exact) mass is 386 g/mol. The second-order valence-electron chi connectivity index (χ2n) is 7.32. The average Bonchev–Trinajstić information content (AvgIpc) is 2.77. The van der Waals surface area contributed by atoms with Crippen molar-refractivity contribution in [1.29, 1.82) is 0 Å². The standard InChI is InChI=1S/C25H26N2O2/c1-18(2)22(26-24(28)21-16-10-5-11-17-21)25(29)27-23(19-12-6-3-7-13-19)20-14-8-4-9-15-20/h3-18,22-23H,1-2H3,(H,26,28)(H,27,29)/t22-/m0/s1. The third-order valence-electron chi connectivity index (χ3n) is 4.82. The first-order chi connectivity index (χ1) is 14.1. The first-order valence-electron chi connectivity index (χ1n) is 9.82. The maximum Gasteiger partial charge on any atom is 0.251 e. The molecule has 0 aromatic heterocycles. The van der Waals surface area contributed by atoms with Gasteiger partial charge in [0.05, 0.1) is 6.04 Å². The Balaban J connectivity index is 1.82. The van der Waals surface area contributed by atoms with Crippen molar-refractivity contribution in [3.8, 4) is 0 Å². The first-order valence-corrected chi connectivity index (χ1v) is 9.82. The van der Waals surface area contributed by atoms with Gasteiger partial charge in [-0.1, -0.05) is 92.7 Å². The summed E-state index contributed by atoms with van der Waals surface area (Å²) in [5.74, 6) is -0.521. The smallest absolute Gasteiger partial charge is 0.251 e. The molecule has 148 valence electrons. The lowest BCUT2D eigenvalue weighted by atomic mass is 9.96. The van der Waals surface area contributed by atoms with E-state index < -0.39 is 6.04 Å². The van der Waals surface area contributed by atoms with Gasteiger partial charge >= 0.3 is 0 Å². The highest BCUT2D eigenvalue weighted by molar-refractivity contribution is 5.97. The number of hydrogen-bond donors (Lipinski definition) is 2. The molecular weight excluding hydrogens is 360 g/mol. The van der Waals surface area contributed by atoms with Crippen LogP contribution < -0.4 is 10.6 Å². The number of carbonyl (C=O) groups excluding carboxylic acids is 2. The minimum absolute atomic E-state index is 0.0603. The van der Waals surface area contributed by atoms with Gasteiger partial charge in [0.25, 0.3) is 5.91 Å². The molecule has 0 radical (unpaired) electrons. The average molecular weight is 386 g/mol. The molecule has 0 spiro atoms. The molecule has 3 rings (SSSR count). The molecule has 3 aromatic rings. The summed E-state index contributed by atoms with van der Waals surface area (Å²) in [5.41, 5.74) is 2.52. The minimum Gasteiger partial charge on any atom is -0.343 e. The SMILES string of the molecule is CC(C)[C@H](NC(=O)c1ccccc1)C(=O)NC(c1ccccc1)c1ccccc1. The van der Waals surface area contributed by atoms with Gasteiger partial charge in [-0.05, 0) is 29.2 Å². The van der Waals surface area contributed by atoms with Crippen LogP contribution in [-0.4, -0.2) is 17.9 Å². The molecular formula is C25H26N2O2. The summed E-state index contributed by atoms with van der Waals surface area (Å²) in [6, 6.07) is 27.7. The molecule has 0 heterocycles. The van der Waals surface area contributed by atoms with E-state index in [0.717, 1.165) is 11.1 Å². The lowest BCUT2D eigenvalue weighted by molar-refractivity contribution is -0.124. The lowest BCUT2D eigenvalue weighted by Gasteiger charge is -2.26. The van der Waals surface area contributed by atoms with Crippen LogP contribution in [0.5, 0.6) is 0 Å². The largest absolute Gasteiger partial charge is 0.343 e. The van der Waals surface area contributed by atoms with Gasteiger partial charge in [-0.15, -0.1) is 0 Å². The number of rotatable bonds is 7. The number of hydrogen-bond acceptors (Lipinski definition) is 2. The molecule has 2 amide bonds. The van der Waals surface area contributed by atoms with Gasteiger partial charge in [0.1, 0.15) is 6.04 Å². The summed E-state index contributed by atoms with van der Waals surface area (Å²) < 4.78 is 0. The molecule has 4 heteroatoms. The second kappa shape index (κ2) is 9.69. The van der Waals surface area contributed by atoms with Crippen molar-refractivity contribution in [2.24, 2.45) is 5.92 Å². The van der Waals surface area contributed by atoms with Crippen LogP contribution in [0.1, 0.15) is 41.4 Å². The molecule has 4 nitrogen and oxygen atoms in total. The molecule has 0 saturated carbocycles. The highest BCUT2D eigenvalue weighted by Gasteiger charge is 2.27. The third kappa shape index (κ3) is 5.32. The summed E-state index contributed by atoms with van der Waals surface area (Å²) in [6.45, 7) is 3.85. The molecule has 0 aliphatic carbocycles. The Morgan fingerprint density at radius 1 is 0.655 bits per heavy atom. The topological polar surface area (TPSA) is 58.2 Å². The predicted molar refractivity (Wildman–Crippen MR) is 115 cm³/mol. The third-order valence-corrected chi connectivity index (χ3v) is 4.82. The Hall–Kier alpha value is -3.40. The van der Waals surface area contributed by atoms with E-state index in [2.05, 4.69) is 10.6 Å². The van der Waals surface area contributed by atoms with Gasteiger partial charge in [-0.25, -0.2) is 0 Å². The van der Waals surface area contributed by atoms with Crippen LogP contribution in [0.25, 0.3) is 0 Å². The van der Waals surface area contributed by atoms with Crippen molar-refractivity contribution in [2.45, 2.75) is 25.9 Å². The van der Waals surface area contributed by atoms with Crippen molar-refractivity contribution < 1.29 is 9.59 Å². The van der Waals surface area contributed by atoms with E-state index in [1.165, 1.54) is 0 Å². The van der Waals surface area contributed by atoms with E-state index >= 15 is 0 Å². The first kappa shape index (κ1) is 20.3. The van der Waals surface area contributed by atoms with E-state index in [4.69, 9.17) is 0 Å². The Labute approximate surface area is 172 Å². The van der Waals surface area contributed by atoms with E-state index in [1.54, 1.807) is 24.3 Å². The molecule has 3 aromatic carbocycles. The summed E-state index contributed by atoms with van der Waals surface area (Å²) in [4.78, 5) is 25.8. The van der Waals surface area contributed by atoms with Crippen LogP contribution in [0.3, 0.4) is 0 Å². The van der Waals surface area contributed by atoms with Crippen molar-refractivity contribution in [3.05, 3.63) is 108 Å². The lowest BCUT2D eigenvalue weighted by Crippen LogP contribution is -2.50. The summed E-state index contributed by atoms with van der Waals surface area (Å²) in [5, 5.41) is 6.02. The number of benzene rings is 3. The quantitative estimate of drug-likeness (QED) is 0.634. The van der Waals surface area contributed by atoms with E-state index in [9.17, 15) is 9.59 Å². The Kier molecular flexibility index (Phi) is 6.80. The van der Waals surface area contributed by atoms with Crippen molar-refractivity contribution in [2.75, 3.05) is 0 Å². The van der Waals surface area contributed by atoms with Gasteiger partial charge in [-0.2, -0.15) is 0 Å². The number of carbonyl (C=O) groups is 2. The minimum atomic E-state index is -0.641. The van der Waals surface area contributed by atoms with E-state index in [0.29, 0.717) is 5.56 Å². The Morgan fingerprint density at radius 2 is 1.10 bits per heavy atom. The normalized spacial score (nSPS) is 11.9. The zero-order valence-corrected chi connectivity index (χ0v) is 16.7. The second-order valence-corrected chi connectivity index (χ2v) is 7.32. The predicted octanol–water partition coefficient (Wildman–Crippen LogP) is 4.35. The molecule has 0 fully saturated rings. The fourth-order valence-electron chi connectivity index (χ4n) is 3.23. The van der Waals surface area contributed by atoms with Gasteiger partial charge in [0.2, 0.25) is 5.91 Å². The van der Waals surface area contributed by atoms with Gasteiger partial charge < -0.3 is 10.6 Å². The fourth-order valence-corrected chi connectivity index (χ4v) is 3.23. The van der Waals surface area contributed by atoms with Crippen molar-refractivity contribution in [1.82, 2.24) is 10.6 Å². The number of nitrogens with one attached hydrogen (secondary N) is 2. The zero-order chi connectivity index (χ0) is 20.6. The summed E-state index contributed by atoms with van der Waals surface area (Å²) >= 11 is 0. The molecule has 0 aliphatic heterocycles. The fraction of sp³-hybridized carbons (Fsp3) is 0.200. The molecule has 0 bridgehead atoms. The highest BCUT2D eigenvalue weighted by atomic mass is 16.2. The maximum absolute atomic E-state index is 13.2. The van der Waals surface area contributed by atoms with Crippen LogP contribution in [-0.2, 0) is 4.79 Å². The van der Waals surface area contributed by atoms with E-state index in [-0.39, 0.29) is 23.8 Å². The Morgan fingerprint density at radius 3 is 1.55 bits per heavy atom. The van der Waals surface area contributed by atoms with Crippen molar-refractivity contribution in [3.63, 3.8) is 0 Å². The maximum atomic E-state index is 13.2.